The molecule has 7 heteroatoms. The van der Waals surface area contributed by atoms with Gasteiger partial charge in [0.1, 0.15) is 11.3 Å². The molecule has 0 aliphatic carbocycles. The number of fused-ring (bicyclic) bond motifs is 1. The molecule has 2 aromatic heterocycles. The highest BCUT2D eigenvalue weighted by Gasteiger charge is 2.15. The average molecular weight is 403 g/mol. The van der Waals surface area contributed by atoms with Crippen LogP contribution in [-0.4, -0.2) is 21.8 Å². The fourth-order valence-corrected chi connectivity index (χ4v) is 3.20. The van der Waals surface area contributed by atoms with Crippen LogP contribution in [0.1, 0.15) is 29.8 Å². The molecule has 30 heavy (non-hydrogen) atoms. The van der Waals surface area contributed by atoms with Gasteiger partial charge < -0.3 is 14.5 Å². The molecule has 2 heterocycles. The lowest BCUT2D eigenvalue weighted by molar-refractivity contribution is 0.102. The maximum atomic E-state index is 12.9. The second-order valence-electron chi connectivity index (χ2n) is 7.16. The zero-order chi connectivity index (χ0) is 21.1. The molecule has 152 valence electrons. The molecule has 4 aromatic rings. The summed E-state index contributed by atoms with van der Waals surface area (Å²) in [5.41, 5.74) is 1.57. The number of nitrogens with zero attached hydrogens (tertiary/aromatic N) is 2. The standard InChI is InChI=1S/C23H21N3O4/c1-15(2)29-18-7-8-19-20(13-22(27)30-21(19)12-18)23(28)25-17-6-3-5-16(11-17)14-26-10-4-9-24-26/h3-13,15H,14H2,1-2H3,(H,25,28). The third-order valence-corrected chi connectivity index (χ3v) is 4.42. The van der Waals surface area contributed by atoms with Crippen molar-refractivity contribution in [2.45, 2.75) is 26.5 Å². The van der Waals surface area contributed by atoms with E-state index in [0.717, 1.165) is 5.56 Å². The molecule has 0 bridgehead atoms. The number of hydrogen-bond donors (Lipinski definition) is 1. The summed E-state index contributed by atoms with van der Waals surface area (Å²) in [5.74, 6) is 0.186. The predicted octanol–water partition coefficient (Wildman–Crippen LogP) is 4.08. The van der Waals surface area contributed by atoms with Gasteiger partial charge in [0, 0.05) is 35.6 Å². The van der Waals surface area contributed by atoms with Crippen molar-refractivity contribution in [1.82, 2.24) is 9.78 Å². The van der Waals surface area contributed by atoms with Crippen LogP contribution in [0.25, 0.3) is 11.0 Å². The van der Waals surface area contributed by atoms with Crippen LogP contribution < -0.4 is 15.7 Å². The molecule has 0 saturated carbocycles. The summed E-state index contributed by atoms with van der Waals surface area (Å²) in [5, 5.41) is 7.59. The van der Waals surface area contributed by atoms with Gasteiger partial charge in [-0.25, -0.2) is 4.79 Å². The van der Waals surface area contributed by atoms with Gasteiger partial charge in [-0.2, -0.15) is 5.10 Å². The zero-order valence-electron chi connectivity index (χ0n) is 16.7. The molecule has 0 aliphatic heterocycles. The Morgan fingerprint density at radius 2 is 2.03 bits per heavy atom. The second-order valence-corrected chi connectivity index (χ2v) is 7.16. The highest BCUT2D eigenvalue weighted by molar-refractivity contribution is 6.12. The van der Waals surface area contributed by atoms with Gasteiger partial charge >= 0.3 is 5.63 Å². The number of rotatable bonds is 6. The summed E-state index contributed by atoms with van der Waals surface area (Å²) in [4.78, 5) is 25.0. The molecule has 0 fully saturated rings. The van der Waals surface area contributed by atoms with Crippen LogP contribution in [-0.2, 0) is 6.54 Å². The summed E-state index contributed by atoms with van der Waals surface area (Å²) >= 11 is 0. The Hall–Kier alpha value is -3.87. The molecule has 0 spiro atoms. The van der Waals surface area contributed by atoms with Gasteiger partial charge in [-0.05, 0) is 49.7 Å². The number of benzene rings is 2. The molecular weight excluding hydrogens is 382 g/mol. The Balaban J connectivity index is 1.61. The van der Waals surface area contributed by atoms with Gasteiger partial charge in [-0.1, -0.05) is 12.1 Å². The predicted molar refractivity (Wildman–Crippen MR) is 114 cm³/mol. The van der Waals surface area contributed by atoms with E-state index in [-0.39, 0.29) is 17.6 Å². The van der Waals surface area contributed by atoms with Crippen molar-refractivity contribution in [1.29, 1.82) is 0 Å². The van der Waals surface area contributed by atoms with E-state index in [1.165, 1.54) is 6.07 Å². The maximum Gasteiger partial charge on any atom is 0.337 e. The van der Waals surface area contributed by atoms with Crippen molar-refractivity contribution in [3.05, 3.63) is 88.5 Å². The highest BCUT2D eigenvalue weighted by atomic mass is 16.5. The lowest BCUT2D eigenvalue weighted by Gasteiger charge is -2.12. The molecule has 2 aromatic carbocycles. The molecule has 0 saturated heterocycles. The first-order valence-electron chi connectivity index (χ1n) is 9.60. The van der Waals surface area contributed by atoms with E-state index >= 15 is 0 Å². The van der Waals surface area contributed by atoms with E-state index < -0.39 is 5.63 Å². The highest BCUT2D eigenvalue weighted by Crippen LogP contribution is 2.24. The number of ether oxygens (including phenoxy) is 1. The topological polar surface area (TPSA) is 86.4 Å². The Bertz CT molecular complexity index is 1240. The van der Waals surface area contributed by atoms with E-state index in [2.05, 4.69) is 10.4 Å². The number of hydrogen-bond acceptors (Lipinski definition) is 5. The fourth-order valence-electron chi connectivity index (χ4n) is 3.20. The average Bonchev–Trinajstić information content (AvgIpc) is 3.20. The van der Waals surface area contributed by atoms with Crippen LogP contribution in [0.3, 0.4) is 0 Å². The summed E-state index contributed by atoms with van der Waals surface area (Å²) in [6, 6.07) is 15.7. The van der Waals surface area contributed by atoms with Crippen molar-refractivity contribution in [2.75, 3.05) is 5.32 Å². The summed E-state index contributed by atoms with van der Waals surface area (Å²) < 4.78 is 12.7. The smallest absolute Gasteiger partial charge is 0.337 e. The molecule has 0 atom stereocenters. The first-order chi connectivity index (χ1) is 14.5. The largest absolute Gasteiger partial charge is 0.491 e. The zero-order valence-corrected chi connectivity index (χ0v) is 16.7. The van der Waals surface area contributed by atoms with Gasteiger partial charge in [-0.3, -0.25) is 9.48 Å². The number of carbonyl (C=O) groups excluding carboxylic acids is 1. The number of amides is 1. The molecule has 0 unspecified atom stereocenters. The van der Waals surface area contributed by atoms with E-state index in [9.17, 15) is 9.59 Å². The monoisotopic (exact) mass is 403 g/mol. The first-order valence-corrected chi connectivity index (χ1v) is 9.60. The fraction of sp³-hybridized carbons (Fsp3) is 0.174. The van der Waals surface area contributed by atoms with Gasteiger partial charge in [0.25, 0.3) is 5.91 Å². The Morgan fingerprint density at radius 1 is 1.17 bits per heavy atom. The van der Waals surface area contributed by atoms with Crippen molar-refractivity contribution in [3.63, 3.8) is 0 Å². The Morgan fingerprint density at radius 3 is 2.80 bits per heavy atom. The summed E-state index contributed by atoms with van der Waals surface area (Å²) in [6.45, 7) is 4.41. The summed E-state index contributed by atoms with van der Waals surface area (Å²) in [6.07, 6.45) is 3.57. The van der Waals surface area contributed by atoms with E-state index in [1.807, 2.05) is 44.3 Å². The lowest BCUT2D eigenvalue weighted by Crippen LogP contribution is -2.15. The van der Waals surface area contributed by atoms with Crippen molar-refractivity contribution in [2.24, 2.45) is 0 Å². The number of nitrogens with one attached hydrogen (secondary N) is 1. The molecule has 0 aliphatic rings. The quantitative estimate of drug-likeness (QED) is 0.490. The number of anilines is 1. The molecule has 1 N–H and O–H groups in total. The normalized spacial score (nSPS) is 11.0. The minimum atomic E-state index is -0.596. The van der Waals surface area contributed by atoms with Crippen LogP contribution in [0.2, 0.25) is 0 Å². The van der Waals surface area contributed by atoms with Crippen molar-refractivity contribution < 1.29 is 13.9 Å². The van der Waals surface area contributed by atoms with Crippen molar-refractivity contribution in [3.8, 4) is 5.75 Å². The van der Waals surface area contributed by atoms with E-state index in [1.54, 1.807) is 35.1 Å². The summed E-state index contributed by atoms with van der Waals surface area (Å²) in [7, 11) is 0. The van der Waals surface area contributed by atoms with Crippen LogP contribution in [0.5, 0.6) is 5.75 Å². The SMILES string of the molecule is CC(C)Oc1ccc2c(C(=O)Nc3cccc(Cn4cccn4)c3)cc(=O)oc2c1. The molecule has 1 amide bonds. The van der Waals surface area contributed by atoms with Gasteiger partial charge in [0.15, 0.2) is 0 Å². The van der Waals surface area contributed by atoms with Crippen LogP contribution in [0.15, 0.2) is 76.2 Å². The minimum absolute atomic E-state index is 0.0188. The van der Waals surface area contributed by atoms with Gasteiger partial charge in [0.05, 0.1) is 18.2 Å². The van der Waals surface area contributed by atoms with E-state index in [0.29, 0.717) is 29.0 Å². The minimum Gasteiger partial charge on any atom is -0.491 e. The van der Waals surface area contributed by atoms with Gasteiger partial charge in [0.2, 0.25) is 0 Å². The molecule has 4 rings (SSSR count). The Kier molecular flexibility index (Phi) is 5.34. The number of aromatic nitrogens is 2. The van der Waals surface area contributed by atoms with Crippen LogP contribution in [0, 0.1) is 0 Å². The third kappa shape index (κ3) is 4.41. The van der Waals surface area contributed by atoms with E-state index in [4.69, 9.17) is 9.15 Å². The first kappa shape index (κ1) is 19.4. The lowest BCUT2D eigenvalue weighted by atomic mass is 10.1. The molecule has 7 nitrogen and oxygen atoms in total. The molecule has 0 radical (unpaired) electrons. The number of carbonyl (C=O) groups is 1. The Labute approximate surface area is 172 Å². The maximum absolute atomic E-state index is 12.9. The molecular formula is C23H21N3O4. The second kappa shape index (κ2) is 8.24. The van der Waals surface area contributed by atoms with Gasteiger partial charge in [-0.15, -0.1) is 0 Å². The third-order valence-electron chi connectivity index (χ3n) is 4.42. The van der Waals surface area contributed by atoms with Crippen LogP contribution in [0.4, 0.5) is 5.69 Å². The van der Waals surface area contributed by atoms with Crippen molar-refractivity contribution >= 4 is 22.6 Å². The van der Waals surface area contributed by atoms with Crippen LogP contribution >= 0.6 is 0 Å².